The Bertz CT molecular complexity index is 1170. The number of fused-ring (bicyclic) bond motifs is 1. The fraction of sp³-hybridized carbons (Fsp3) is 0.318. The monoisotopic (exact) mass is 485 g/mol. The third-order valence-corrected chi connectivity index (χ3v) is 7.39. The van der Waals surface area contributed by atoms with Gasteiger partial charge in [-0.1, -0.05) is 12.1 Å². The van der Waals surface area contributed by atoms with Gasteiger partial charge in [0.25, 0.3) is 5.91 Å². The molecular formula is C22H23N5O6S. The van der Waals surface area contributed by atoms with E-state index in [1.165, 1.54) is 59.3 Å². The molecule has 0 spiro atoms. The van der Waals surface area contributed by atoms with Crippen LogP contribution in [0.4, 0.5) is 5.82 Å². The Morgan fingerprint density at radius 3 is 2.50 bits per heavy atom. The molecule has 2 aromatic rings. The van der Waals surface area contributed by atoms with Crippen LogP contribution in [-0.2, 0) is 14.4 Å². The zero-order chi connectivity index (χ0) is 24.8. The summed E-state index contributed by atoms with van der Waals surface area (Å²) in [5.74, 6) is -2.98. The molecule has 3 heterocycles. The standard InChI is InChI=1S/C22H23N5O6S/c1-22(2)15(21(32)33)27-19(31)14(20(27)34-22)26-18(30)13(10-5-7-11(28)8-6-10)25-17(29)12-4-3-9-24-16(12)23/h3-9,13-15,20,28H,1-2H3,(H2,23,24)(H,25,29)(H,26,30)(H,32,33)/t13?,14-,15+,20-/m1/s1. The van der Waals surface area contributed by atoms with Crippen molar-refractivity contribution in [1.82, 2.24) is 20.5 Å². The van der Waals surface area contributed by atoms with Crippen molar-refractivity contribution in [2.24, 2.45) is 0 Å². The Labute approximate surface area is 198 Å². The molecule has 0 radical (unpaired) electrons. The summed E-state index contributed by atoms with van der Waals surface area (Å²) in [4.78, 5) is 55.7. The number of anilines is 1. The maximum Gasteiger partial charge on any atom is 0.327 e. The second-order valence-electron chi connectivity index (χ2n) is 8.52. The lowest BCUT2D eigenvalue weighted by molar-refractivity contribution is -0.161. The minimum absolute atomic E-state index is 0.0148. The van der Waals surface area contributed by atoms with Crippen molar-refractivity contribution in [3.05, 3.63) is 53.7 Å². The SMILES string of the molecule is CC1(C)S[C@@H]2[C@H](NC(=O)C(NC(=O)c3cccnc3N)c3ccc(O)cc3)C(=O)N2[C@H]1C(=O)O. The lowest BCUT2D eigenvalue weighted by Crippen LogP contribution is -2.71. The molecule has 4 atom stereocenters. The van der Waals surface area contributed by atoms with Crippen molar-refractivity contribution in [3.8, 4) is 5.75 Å². The number of nitrogens with zero attached hydrogens (tertiary/aromatic N) is 2. The number of hydrogen-bond acceptors (Lipinski definition) is 8. The minimum atomic E-state index is -1.22. The zero-order valence-corrected chi connectivity index (χ0v) is 19.1. The molecule has 34 heavy (non-hydrogen) atoms. The number of amides is 3. The van der Waals surface area contributed by atoms with Crippen molar-refractivity contribution in [2.75, 3.05) is 5.73 Å². The van der Waals surface area contributed by atoms with E-state index in [0.717, 1.165) is 0 Å². The third kappa shape index (κ3) is 4.00. The average molecular weight is 486 g/mol. The Morgan fingerprint density at radius 2 is 1.88 bits per heavy atom. The molecule has 3 amide bonds. The number of benzene rings is 1. The molecule has 0 aliphatic carbocycles. The maximum atomic E-state index is 13.3. The van der Waals surface area contributed by atoms with Crippen LogP contribution in [0.3, 0.4) is 0 Å². The van der Waals surface area contributed by atoms with Crippen LogP contribution in [0.2, 0.25) is 0 Å². The van der Waals surface area contributed by atoms with E-state index in [1.807, 2.05) is 0 Å². The van der Waals surface area contributed by atoms with Gasteiger partial charge >= 0.3 is 5.97 Å². The van der Waals surface area contributed by atoms with E-state index in [0.29, 0.717) is 5.56 Å². The van der Waals surface area contributed by atoms with Gasteiger partial charge in [0.05, 0.1) is 5.56 Å². The second kappa shape index (κ2) is 8.52. The first-order chi connectivity index (χ1) is 16.0. The lowest BCUT2D eigenvalue weighted by Gasteiger charge is -2.44. The lowest BCUT2D eigenvalue weighted by atomic mass is 9.95. The maximum absolute atomic E-state index is 13.3. The van der Waals surface area contributed by atoms with Crippen molar-refractivity contribution in [3.63, 3.8) is 0 Å². The number of phenols is 1. The van der Waals surface area contributed by atoms with E-state index in [-0.39, 0.29) is 17.1 Å². The number of phenolic OH excluding ortho intramolecular Hbond substituents is 1. The Hall–Kier alpha value is -3.80. The normalized spacial score (nSPS) is 23.4. The fourth-order valence-electron chi connectivity index (χ4n) is 4.17. The number of thioether (sulfide) groups is 1. The molecule has 1 aromatic carbocycles. The first-order valence-corrected chi connectivity index (χ1v) is 11.2. The van der Waals surface area contributed by atoms with Crippen LogP contribution in [0.1, 0.15) is 35.8 Å². The first-order valence-electron chi connectivity index (χ1n) is 10.3. The predicted molar refractivity (Wildman–Crippen MR) is 123 cm³/mol. The van der Waals surface area contributed by atoms with E-state index in [9.17, 15) is 29.4 Å². The number of carbonyl (C=O) groups is 4. The molecule has 6 N–H and O–H groups in total. The molecule has 178 valence electrons. The van der Waals surface area contributed by atoms with E-state index in [2.05, 4.69) is 15.6 Å². The first kappa shape index (κ1) is 23.4. The van der Waals surface area contributed by atoms with E-state index >= 15 is 0 Å². The van der Waals surface area contributed by atoms with Crippen LogP contribution in [0, 0.1) is 0 Å². The van der Waals surface area contributed by atoms with Crippen LogP contribution in [0.5, 0.6) is 5.75 Å². The number of β-lactam (4-membered cyclic amide) rings is 1. The Morgan fingerprint density at radius 1 is 1.21 bits per heavy atom. The quantitative estimate of drug-likeness (QED) is 0.364. The van der Waals surface area contributed by atoms with Crippen LogP contribution in [-0.4, -0.2) is 66.0 Å². The molecule has 2 saturated heterocycles. The molecule has 1 unspecified atom stereocenters. The van der Waals surface area contributed by atoms with Gasteiger partial charge in [0.2, 0.25) is 11.8 Å². The van der Waals surface area contributed by atoms with Crippen molar-refractivity contribution in [2.45, 2.75) is 42.1 Å². The molecule has 11 nitrogen and oxygen atoms in total. The molecule has 0 saturated carbocycles. The van der Waals surface area contributed by atoms with Crippen molar-refractivity contribution >= 4 is 41.3 Å². The molecule has 4 rings (SSSR count). The topological polar surface area (TPSA) is 175 Å². The van der Waals surface area contributed by atoms with E-state index in [1.54, 1.807) is 13.8 Å². The molecule has 12 heteroatoms. The Kier molecular flexibility index (Phi) is 5.86. The highest BCUT2D eigenvalue weighted by Crippen LogP contribution is 2.50. The molecule has 0 bridgehead atoms. The number of carbonyl (C=O) groups excluding carboxylic acids is 3. The molecule has 2 aliphatic rings. The number of aliphatic carboxylic acids is 1. The van der Waals surface area contributed by atoms with E-state index in [4.69, 9.17) is 5.73 Å². The number of nitrogens with two attached hydrogens (primary N) is 1. The second-order valence-corrected chi connectivity index (χ2v) is 10.3. The van der Waals surface area contributed by atoms with E-state index < -0.39 is 51.9 Å². The van der Waals surface area contributed by atoms with Crippen LogP contribution in [0.15, 0.2) is 42.6 Å². The molecule has 2 aliphatic heterocycles. The highest BCUT2D eigenvalue weighted by atomic mass is 32.2. The number of pyridine rings is 1. The van der Waals surface area contributed by atoms with Crippen molar-refractivity contribution in [1.29, 1.82) is 0 Å². The number of carboxylic acid groups (broad SMARTS) is 1. The molecule has 2 fully saturated rings. The minimum Gasteiger partial charge on any atom is -0.508 e. The van der Waals surface area contributed by atoms with Gasteiger partial charge in [0.15, 0.2) is 0 Å². The summed E-state index contributed by atoms with van der Waals surface area (Å²) in [7, 11) is 0. The number of nitrogens with one attached hydrogen (secondary N) is 2. The number of carboxylic acids is 1. The zero-order valence-electron chi connectivity index (χ0n) is 18.3. The number of aromatic hydroxyl groups is 1. The number of nitrogen functional groups attached to an aromatic ring is 1. The van der Waals surface area contributed by atoms with Gasteiger partial charge in [-0.15, -0.1) is 11.8 Å². The summed E-state index contributed by atoms with van der Waals surface area (Å²) >= 11 is 1.29. The summed E-state index contributed by atoms with van der Waals surface area (Å²) in [5.41, 5.74) is 6.21. The summed E-state index contributed by atoms with van der Waals surface area (Å²) < 4.78 is -0.742. The summed E-state index contributed by atoms with van der Waals surface area (Å²) in [6, 6.07) is 5.48. The van der Waals surface area contributed by atoms with Crippen LogP contribution in [0.25, 0.3) is 0 Å². The van der Waals surface area contributed by atoms with Gasteiger partial charge in [0, 0.05) is 10.9 Å². The van der Waals surface area contributed by atoms with Crippen LogP contribution >= 0.6 is 11.8 Å². The van der Waals surface area contributed by atoms with Gasteiger partial charge in [-0.2, -0.15) is 0 Å². The highest BCUT2D eigenvalue weighted by Gasteiger charge is 2.64. The number of rotatable bonds is 6. The molecular weight excluding hydrogens is 462 g/mol. The summed E-state index contributed by atoms with van der Waals surface area (Å²) in [5, 5.41) is 23.9. The smallest absolute Gasteiger partial charge is 0.327 e. The Balaban J connectivity index is 1.56. The molecule has 1 aromatic heterocycles. The largest absolute Gasteiger partial charge is 0.508 e. The number of hydrogen-bond donors (Lipinski definition) is 5. The van der Waals surface area contributed by atoms with Crippen LogP contribution < -0.4 is 16.4 Å². The van der Waals surface area contributed by atoms with Gasteiger partial charge in [-0.3, -0.25) is 14.4 Å². The summed E-state index contributed by atoms with van der Waals surface area (Å²) in [6.45, 7) is 3.47. The van der Waals surface area contributed by atoms with Gasteiger partial charge in [0.1, 0.15) is 35.1 Å². The van der Waals surface area contributed by atoms with Gasteiger partial charge in [-0.05, 0) is 43.7 Å². The van der Waals surface area contributed by atoms with Gasteiger partial charge < -0.3 is 31.5 Å². The third-order valence-electron chi connectivity index (χ3n) is 5.82. The van der Waals surface area contributed by atoms with Gasteiger partial charge in [-0.25, -0.2) is 9.78 Å². The average Bonchev–Trinajstić information content (AvgIpc) is 3.04. The highest BCUT2D eigenvalue weighted by molar-refractivity contribution is 8.01. The fourth-order valence-corrected chi connectivity index (χ4v) is 5.79. The van der Waals surface area contributed by atoms with Crippen molar-refractivity contribution < 1.29 is 29.4 Å². The number of aromatic nitrogens is 1. The summed E-state index contributed by atoms with van der Waals surface area (Å²) in [6.07, 6.45) is 1.43. The predicted octanol–water partition coefficient (Wildman–Crippen LogP) is 0.472.